The van der Waals surface area contributed by atoms with E-state index in [2.05, 4.69) is 97.7 Å². The van der Waals surface area contributed by atoms with Crippen LogP contribution in [0.15, 0.2) is 78.9 Å². The van der Waals surface area contributed by atoms with Crippen LogP contribution in [0, 0.1) is 0 Å². The van der Waals surface area contributed by atoms with E-state index in [-0.39, 0.29) is 0 Å². The Hall–Kier alpha value is -2.54. The average Bonchev–Trinajstić information content (AvgIpc) is 2.72. The van der Waals surface area contributed by atoms with Crippen LogP contribution >= 0.6 is 0 Å². The van der Waals surface area contributed by atoms with Crippen molar-refractivity contribution < 1.29 is 0 Å². The smallest absolute Gasteiger partial charge is 0.0487 e. The van der Waals surface area contributed by atoms with Crippen LogP contribution in [0.25, 0.3) is 11.1 Å². The summed E-state index contributed by atoms with van der Waals surface area (Å²) in [5.41, 5.74) is 6.41. The van der Waals surface area contributed by atoms with Crippen LogP contribution < -0.4 is 4.90 Å². The third-order valence-corrected chi connectivity index (χ3v) is 4.99. The van der Waals surface area contributed by atoms with Crippen LogP contribution in [0.1, 0.15) is 38.2 Å². The molecule has 0 saturated carbocycles. The van der Waals surface area contributed by atoms with Gasteiger partial charge in [-0.1, -0.05) is 86.8 Å². The van der Waals surface area contributed by atoms with Crippen molar-refractivity contribution in [3.8, 4) is 11.1 Å². The molecule has 134 valence electrons. The van der Waals surface area contributed by atoms with Gasteiger partial charge < -0.3 is 4.90 Å². The molecule has 0 heterocycles. The highest BCUT2D eigenvalue weighted by Gasteiger charge is 2.10. The standard InChI is InChI=1S/C25H29N/c1-3-4-5-7-12-21-17-19-23(20-18-21)26(2)25-16-11-10-15-24(25)22-13-8-6-9-14-22/h6,8-11,13-20H,3-5,7,12H2,1-2H3. The lowest BCUT2D eigenvalue weighted by Crippen LogP contribution is -2.10. The molecule has 0 saturated heterocycles. The van der Waals surface area contributed by atoms with Crippen LogP contribution in [-0.4, -0.2) is 7.05 Å². The number of anilines is 2. The molecule has 0 spiro atoms. The first kappa shape index (κ1) is 18.3. The summed E-state index contributed by atoms with van der Waals surface area (Å²) < 4.78 is 0. The van der Waals surface area contributed by atoms with Crippen LogP contribution in [-0.2, 0) is 6.42 Å². The Labute approximate surface area is 158 Å². The number of nitrogens with zero attached hydrogens (tertiary/aromatic N) is 1. The molecule has 0 radical (unpaired) electrons. The Morgan fingerprint density at radius 3 is 2.12 bits per heavy atom. The second-order valence-electron chi connectivity index (χ2n) is 6.92. The van der Waals surface area contributed by atoms with Crippen molar-refractivity contribution in [2.45, 2.75) is 39.0 Å². The van der Waals surface area contributed by atoms with E-state index in [1.165, 1.54) is 60.2 Å². The molecule has 0 atom stereocenters. The van der Waals surface area contributed by atoms with Crippen molar-refractivity contribution in [2.75, 3.05) is 11.9 Å². The summed E-state index contributed by atoms with van der Waals surface area (Å²) in [5, 5.41) is 0. The van der Waals surface area contributed by atoms with Crippen LogP contribution in [0.5, 0.6) is 0 Å². The number of benzene rings is 3. The summed E-state index contributed by atoms with van der Waals surface area (Å²) in [7, 11) is 2.15. The van der Waals surface area contributed by atoms with Gasteiger partial charge in [0.05, 0.1) is 0 Å². The number of rotatable bonds is 8. The van der Waals surface area contributed by atoms with E-state index < -0.39 is 0 Å². The first-order valence-corrected chi connectivity index (χ1v) is 9.76. The van der Waals surface area contributed by atoms with Gasteiger partial charge >= 0.3 is 0 Å². The topological polar surface area (TPSA) is 3.24 Å². The predicted molar refractivity (Wildman–Crippen MR) is 114 cm³/mol. The molecule has 0 aromatic heterocycles. The molecule has 0 amide bonds. The summed E-state index contributed by atoms with van der Waals surface area (Å²) >= 11 is 0. The molecule has 26 heavy (non-hydrogen) atoms. The average molecular weight is 344 g/mol. The Balaban J connectivity index is 1.77. The number of aryl methyl sites for hydroxylation is 1. The van der Waals surface area contributed by atoms with Crippen molar-refractivity contribution >= 4 is 11.4 Å². The van der Waals surface area contributed by atoms with Crippen LogP contribution in [0.3, 0.4) is 0 Å². The molecule has 0 aliphatic rings. The second kappa shape index (κ2) is 9.24. The molecule has 0 N–H and O–H groups in total. The summed E-state index contributed by atoms with van der Waals surface area (Å²) in [6, 6.07) is 28.3. The Morgan fingerprint density at radius 2 is 1.38 bits per heavy atom. The lowest BCUT2D eigenvalue weighted by atomic mass is 10.0. The van der Waals surface area contributed by atoms with E-state index in [9.17, 15) is 0 Å². The fourth-order valence-electron chi connectivity index (χ4n) is 3.41. The van der Waals surface area contributed by atoms with Gasteiger partial charge in [-0.2, -0.15) is 0 Å². The van der Waals surface area contributed by atoms with E-state index in [0.717, 1.165) is 0 Å². The zero-order valence-corrected chi connectivity index (χ0v) is 16.0. The number of hydrogen-bond acceptors (Lipinski definition) is 1. The normalized spacial score (nSPS) is 10.7. The van der Waals surface area contributed by atoms with E-state index >= 15 is 0 Å². The van der Waals surface area contributed by atoms with Gasteiger partial charge in [0.25, 0.3) is 0 Å². The summed E-state index contributed by atoms with van der Waals surface area (Å²) in [6.45, 7) is 2.26. The van der Waals surface area contributed by atoms with Gasteiger partial charge in [-0.05, 0) is 42.2 Å². The molecule has 3 aromatic rings. The van der Waals surface area contributed by atoms with Crippen molar-refractivity contribution in [3.63, 3.8) is 0 Å². The summed E-state index contributed by atoms with van der Waals surface area (Å²) in [4.78, 5) is 2.28. The second-order valence-corrected chi connectivity index (χ2v) is 6.92. The minimum atomic E-state index is 1.19. The predicted octanol–water partition coefficient (Wildman–Crippen LogP) is 7.24. The highest BCUT2D eigenvalue weighted by molar-refractivity contribution is 5.82. The monoisotopic (exact) mass is 343 g/mol. The van der Waals surface area contributed by atoms with Crippen molar-refractivity contribution in [3.05, 3.63) is 84.4 Å². The van der Waals surface area contributed by atoms with Crippen LogP contribution in [0.2, 0.25) is 0 Å². The lowest BCUT2D eigenvalue weighted by molar-refractivity contribution is 0.667. The third kappa shape index (κ3) is 4.54. The van der Waals surface area contributed by atoms with Gasteiger partial charge in [-0.15, -0.1) is 0 Å². The molecular formula is C25H29N. The lowest BCUT2D eigenvalue weighted by Gasteiger charge is -2.23. The number of unbranched alkanes of at least 4 members (excludes halogenated alkanes) is 3. The molecular weight excluding hydrogens is 314 g/mol. The van der Waals surface area contributed by atoms with Crippen molar-refractivity contribution in [2.24, 2.45) is 0 Å². The van der Waals surface area contributed by atoms with Gasteiger partial charge in [-0.3, -0.25) is 0 Å². The quantitative estimate of drug-likeness (QED) is 0.389. The zero-order valence-electron chi connectivity index (χ0n) is 16.0. The van der Waals surface area contributed by atoms with Crippen molar-refractivity contribution in [1.29, 1.82) is 0 Å². The minimum absolute atomic E-state index is 1.19. The van der Waals surface area contributed by atoms with E-state index in [4.69, 9.17) is 0 Å². The highest BCUT2D eigenvalue weighted by Crippen LogP contribution is 2.34. The van der Waals surface area contributed by atoms with Crippen LogP contribution in [0.4, 0.5) is 11.4 Å². The van der Waals surface area contributed by atoms with E-state index in [1.54, 1.807) is 0 Å². The van der Waals surface area contributed by atoms with Gasteiger partial charge in [0.2, 0.25) is 0 Å². The molecule has 3 rings (SSSR count). The third-order valence-electron chi connectivity index (χ3n) is 4.99. The first-order valence-electron chi connectivity index (χ1n) is 9.76. The molecule has 0 aliphatic carbocycles. The molecule has 0 unspecified atom stereocenters. The van der Waals surface area contributed by atoms with E-state index in [0.29, 0.717) is 0 Å². The van der Waals surface area contributed by atoms with Gasteiger partial charge in [0.1, 0.15) is 0 Å². The van der Waals surface area contributed by atoms with E-state index in [1.807, 2.05) is 0 Å². The fraction of sp³-hybridized carbons (Fsp3) is 0.280. The van der Waals surface area contributed by atoms with Gasteiger partial charge in [0.15, 0.2) is 0 Å². The minimum Gasteiger partial charge on any atom is -0.344 e. The first-order chi connectivity index (χ1) is 12.8. The molecule has 0 bridgehead atoms. The molecule has 0 fully saturated rings. The van der Waals surface area contributed by atoms with Gasteiger partial charge in [0, 0.05) is 24.0 Å². The largest absolute Gasteiger partial charge is 0.344 e. The summed E-state index contributed by atoms with van der Waals surface area (Å²) in [5.74, 6) is 0. The molecule has 1 nitrogen and oxygen atoms in total. The summed E-state index contributed by atoms with van der Waals surface area (Å²) in [6.07, 6.45) is 6.45. The number of hydrogen-bond donors (Lipinski definition) is 0. The maximum absolute atomic E-state index is 2.28. The Bertz CT molecular complexity index is 790. The molecule has 0 aliphatic heterocycles. The molecule has 3 aromatic carbocycles. The maximum atomic E-state index is 2.28. The fourth-order valence-corrected chi connectivity index (χ4v) is 3.41. The molecule has 1 heteroatoms. The number of para-hydroxylation sites is 1. The Morgan fingerprint density at radius 1 is 0.692 bits per heavy atom. The van der Waals surface area contributed by atoms with Crippen molar-refractivity contribution in [1.82, 2.24) is 0 Å². The SMILES string of the molecule is CCCCCCc1ccc(N(C)c2ccccc2-c2ccccc2)cc1. The van der Waals surface area contributed by atoms with Gasteiger partial charge in [-0.25, -0.2) is 0 Å². The zero-order chi connectivity index (χ0) is 18.2. The highest BCUT2D eigenvalue weighted by atomic mass is 15.1. The Kier molecular flexibility index (Phi) is 6.49. The maximum Gasteiger partial charge on any atom is 0.0487 e.